The number of carboxylic acids is 1. The molecule has 0 saturated carbocycles. The van der Waals surface area contributed by atoms with E-state index in [2.05, 4.69) is 27.8 Å². The van der Waals surface area contributed by atoms with E-state index in [1.54, 1.807) is 12.1 Å². The summed E-state index contributed by atoms with van der Waals surface area (Å²) in [4.78, 5) is 22.5. The molecule has 0 fully saturated rings. The van der Waals surface area contributed by atoms with Crippen LogP contribution in [0, 0.1) is 0 Å². The van der Waals surface area contributed by atoms with Gasteiger partial charge in [-0.05, 0) is 24.6 Å². The molecule has 2 N–H and O–H groups in total. The van der Waals surface area contributed by atoms with Gasteiger partial charge in [-0.1, -0.05) is 28.1 Å². The lowest BCUT2D eigenvalue weighted by molar-refractivity contribution is -0.141. The third-order valence-corrected chi connectivity index (χ3v) is 2.92. The van der Waals surface area contributed by atoms with E-state index in [1.807, 2.05) is 12.1 Å². The Bertz CT molecular complexity index is 490. The number of ether oxygens (including phenoxy) is 1. The molecular weight excluding hydrogens is 326 g/mol. The molecule has 0 aliphatic rings. The Hall–Kier alpha value is -1.82. The smallest absolute Gasteiger partial charge is 0.326 e. The highest BCUT2D eigenvalue weighted by molar-refractivity contribution is 9.10. The Kier molecular flexibility index (Phi) is 6.79. The van der Waals surface area contributed by atoms with Crippen LogP contribution in [-0.2, 0) is 9.59 Å². The van der Waals surface area contributed by atoms with Crippen LogP contribution < -0.4 is 10.1 Å². The highest BCUT2D eigenvalue weighted by atomic mass is 79.9. The molecule has 0 spiro atoms. The zero-order valence-electron chi connectivity index (χ0n) is 10.8. The molecule has 108 valence electrons. The van der Waals surface area contributed by atoms with Crippen LogP contribution in [0.1, 0.15) is 12.8 Å². The van der Waals surface area contributed by atoms with E-state index in [4.69, 9.17) is 9.84 Å². The first-order valence-electron chi connectivity index (χ1n) is 6.04. The second kappa shape index (κ2) is 8.37. The lowest BCUT2D eigenvalue weighted by atomic mass is 10.2. The predicted molar refractivity (Wildman–Crippen MR) is 78.6 cm³/mol. The van der Waals surface area contributed by atoms with Crippen molar-refractivity contribution in [2.75, 3.05) is 6.61 Å². The summed E-state index contributed by atoms with van der Waals surface area (Å²) in [6.45, 7) is 3.64. The molecule has 1 aromatic rings. The van der Waals surface area contributed by atoms with E-state index in [0.29, 0.717) is 5.75 Å². The van der Waals surface area contributed by atoms with Crippen LogP contribution in [-0.4, -0.2) is 29.6 Å². The standard InChI is InChI=1S/C14H16BrNO4/c1-2-4-12(14(18)19)16-13(17)7-8-20-11-6-3-5-10(15)9-11/h2-3,5-6,9,12H,1,4,7-8H2,(H,16,17)(H,18,19). The Morgan fingerprint density at radius 2 is 2.25 bits per heavy atom. The summed E-state index contributed by atoms with van der Waals surface area (Å²) in [5.41, 5.74) is 0. The van der Waals surface area contributed by atoms with Crippen molar-refractivity contribution in [1.29, 1.82) is 0 Å². The molecule has 5 nitrogen and oxygen atoms in total. The van der Waals surface area contributed by atoms with Gasteiger partial charge in [0.05, 0.1) is 13.0 Å². The van der Waals surface area contributed by atoms with Gasteiger partial charge >= 0.3 is 5.97 Å². The number of nitrogens with one attached hydrogen (secondary N) is 1. The normalized spacial score (nSPS) is 11.4. The first kappa shape index (κ1) is 16.2. The number of carbonyl (C=O) groups is 2. The van der Waals surface area contributed by atoms with Gasteiger partial charge in [-0.25, -0.2) is 4.79 Å². The number of hydrogen-bond acceptors (Lipinski definition) is 3. The van der Waals surface area contributed by atoms with Crippen LogP contribution in [0.5, 0.6) is 5.75 Å². The Balaban J connectivity index is 2.36. The molecule has 1 aromatic carbocycles. The van der Waals surface area contributed by atoms with Crippen molar-refractivity contribution in [1.82, 2.24) is 5.32 Å². The van der Waals surface area contributed by atoms with Gasteiger partial charge in [-0.3, -0.25) is 4.79 Å². The second-order valence-corrected chi connectivity index (χ2v) is 4.95. The average molecular weight is 342 g/mol. The quantitative estimate of drug-likeness (QED) is 0.711. The van der Waals surface area contributed by atoms with E-state index in [0.717, 1.165) is 4.47 Å². The van der Waals surface area contributed by atoms with Crippen LogP contribution in [0.2, 0.25) is 0 Å². The van der Waals surface area contributed by atoms with Crippen molar-refractivity contribution in [2.24, 2.45) is 0 Å². The molecule has 1 rings (SSSR count). The molecule has 0 aliphatic carbocycles. The van der Waals surface area contributed by atoms with E-state index >= 15 is 0 Å². The minimum absolute atomic E-state index is 0.0907. The van der Waals surface area contributed by atoms with Crippen LogP contribution in [0.4, 0.5) is 0 Å². The first-order valence-corrected chi connectivity index (χ1v) is 6.83. The Morgan fingerprint density at radius 1 is 1.50 bits per heavy atom. The van der Waals surface area contributed by atoms with E-state index < -0.39 is 12.0 Å². The Labute approximate surface area is 125 Å². The van der Waals surface area contributed by atoms with E-state index in [9.17, 15) is 9.59 Å². The molecule has 6 heteroatoms. The molecule has 1 atom stereocenters. The van der Waals surface area contributed by atoms with Gasteiger partial charge < -0.3 is 15.2 Å². The van der Waals surface area contributed by atoms with Gasteiger partial charge in [0.1, 0.15) is 11.8 Å². The first-order chi connectivity index (χ1) is 9.52. The van der Waals surface area contributed by atoms with Gasteiger partial charge in [0.2, 0.25) is 5.91 Å². The van der Waals surface area contributed by atoms with E-state index in [-0.39, 0.29) is 25.4 Å². The maximum atomic E-state index is 11.6. The van der Waals surface area contributed by atoms with Crippen molar-refractivity contribution in [3.05, 3.63) is 41.4 Å². The number of amides is 1. The summed E-state index contributed by atoms with van der Waals surface area (Å²) in [7, 11) is 0. The van der Waals surface area contributed by atoms with Crippen molar-refractivity contribution in [3.8, 4) is 5.75 Å². The van der Waals surface area contributed by atoms with Crippen molar-refractivity contribution in [2.45, 2.75) is 18.9 Å². The van der Waals surface area contributed by atoms with Crippen molar-refractivity contribution < 1.29 is 19.4 Å². The topological polar surface area (TPSA) is 75.6 Å². The number of benzene rings is 1. The monoisotopic (exact) mass is 341 g/mol. The Morgan fingerprint density at radius 3 is 2.85 bits per heavy atom. The molecule has 1 amide bonds. The van der Waals surface area contributed by atoms with Gasteiger partial charge in [0, 0.05) is 4.47 Å². The molecule has 0 saturated heterocycles. The SMILES string of the molecule is C=CCC(NC(=O)CCOc1cccc(Br)c1)C(=O)O. The summed E-state index contributed by atoms with van der Waals surface area (Å²) >= 11 is 3.31. The summed E-state index contributed by atoms with van der Waals surface area (Å²) in [5, 5.41) is 11.3. The lowest BCUT2D eigenvalue weighted by Gasteiger charge is -2.12. The zero-order chi connectivity index (χ0) is 15.0. The number of aliphatic carboxylic acids is 1. The van der Waals surface area contributed by atoms with Gasteiger partial charge in [-0.2, -0.15) is 0 Å². The molecule has 20 heavy (non-hydrogen) atoms. The summed E-state index contributed by atoms with van der Waals surface area (Å²) in [6, 6.07) is 6.32. The number of carbonyl (C=O) groups excluding carboxylic acids is 1. The second-order valence-electron chi connectivity index (χ2n) is 4.04. The lowest BCUT2D eigenvalue weighted by Crippen LogP contribution is -2.40. The van der Waals surface area contributed by atoms with Gasteiger partial charge in [0.25, 0.3) is 0 Å². The predicted octanol–water partition coefficient (Wildman–Crippen LogP) is 2.36. The highest BCUT2D eigenvalue weighted by Gasteiger charge is 2.17. The minimum atomic E-state index is -1.08. The van der Waals surface area contributed by atoms with Crippen LogP contribution in [0.25, 0.3) is 0 Å². The summed E-state index contributed by atoms with van der Waals surface area (Å²) < 4.78 is 6.29. The summed E-state index contributed by atoms with van der Waals surface area (Å²) in [5.74, 6) is -0.798. The van der Waals surface area contributed by atoms with E-state index in [1.165, 1.54) is 6.08 Å². The fraction of sp³-hybridized carbons (Fsp3) is 0.286. The fourth-order valence-corrected chi connectivity index (χ4v) is 1.85. The molecule has 0 heterocycles. The maximum absolute atomic E-state index is 11.6. The van der Waals surface area contributed by atoms with Crippen LogP contribution >= 0.6 is 15.9 Å². The molecule has 0 aromatic heterocycles. The largest absolute Gasteiger partial charge is 0.493 e. The van der Waals surface area contributed by atoms with Crippen LogP contribution in [0.15, 0.2) is 41.4 Å². The van der Waals surface area contributed by atoms with Crippen LogP contribution in [0.3, 0.4) is 0 Å². The van der Waals surface area contributed by atoms with Crippen molar-refractivity contribution in [3.63, 3.8) is 0 Å². The molecule has 0 radical (unpaired) electrons. The summed E-state index contributed by atoms with van der Waals surface area (Å²) in [6.07, 6.45) is 1.73. The van der Waals surface area contributed by atoms with Gasteiger partial charge in [-0.15, -0.1) is 6.58 Å². The minimum Gasteiger partial charge on any atom is -0.493 e. The highest BCUT2D eigenvalue weighted by Crippen LogP contribution is 2.17. The number of carboxylic acid groups (broad SMARTS) is 1. The number of halogens is 1. The maximum Gasteiger partial charge on any atom is 0.326 e. The molecule has 0 aliphatic heterocycles. The van der Waals surface area contributed by atoms with Crippen molar-refractivity contribution >= 4 is 27.8 Å². The van der Waals surface area contributed by atoms with Gasteiger partial charge in [0.15, 0.2) is 0 Å². The number of hydrogen-bond donors (Lipinski definition) is 2. The third kappa shape index (κ3) is 5.88. The molecule has 0 bridgehead atoms. The zero-order valence-corrected chi connectivity index (χ0v) is 12.4. The molecular formula is C14H16BrNO4. The number of rotatable bonds is 8. The third-order valence-electron chi connectivity index (χ3n) is 2.43. The fourth-order valence-electron chi connectivity index (χ4n) is 1.47. The average Bonchev–Trinajstić information content (AvgIpc) is 2.38. The molecule has 1 unspecified atom stereocenters.